The molecule has 1 aliphatic heterocycles. The minimum absolute atomic E-state index is 0.0456. The maximum absolute atomic E-state index is 11.5. The first-order chi connectivity index (χ1) is 7.13. The largest absolute Gasteiger partial charge is 0.469 e. The van der Waals surface area contributed by atoms with Gasteiger partial charge >= 0.3 is 5.97 Å². The maximum atomic E-state index is 11.5. The Labute approximate surface area is 93.3 Å². The van der Waals surface area contributed by atoms with E-state index >= 15 is 0 Å². The van der Waals surface area contributed by atoms with E-state index in [4.69, 9.17) is 0 Å². The molecule has 86 valence electrons. The van der Waals surface area contributed by atoms with Crippen LogP contribution in [0.3, 0.4) is 0 Å². The van der Waals surface area contributed by atoms with E-state index in [2.05, 4.69) is 15.4 Å². The molecule has 0 aromatic carbocycles. The van der Waals surface area contributed by atoms with Gasteiger partial charge in [-0.3, -0.25) is 14.9 Å². The van der Waals surface area contributed by atoms with Gasteiger partial charge in [-0.1, -0.05) is 0 Å². The van der Waals surface area contributed by atoms with Crippen LogP contribution in [0.4, 0.5) is 0 Å². The molecule has 6 heteroatoms. The van der Waals surface area contributed by atoms with Crippen LogP contribution in [0.25, 0.3) is 0 Å². The van der Waals surface area contributed by atoms with Crippen LogP contribution in [-0.2, 0) is 14.3 Å². The van der Waals surface area contributed by atoms with Crippen LogP contribution in [-0.4, -0.2) is 42.7 Å². The van der Waals surface area contributed by atoms with Crippen molar-refractivity contribution in [1.29, 1.82) is 0 Å². The highest BCUT2D eigenvalue weighted by molar-refractivity contribution is 8.00. The summed E-state index contributed by atoms with van der Waals surface area (Å²) in [5.74, 6) is 0.429. The molecule has 0 radical (unpaired) electrons. The van der Waals surface area contributed by atoms with E-state index in [0.717, 1.165) is 5.75 Å². The Kier molecular flexibility index (Phi) is 4.90. The average Bonchev–Trinajstić information content (AvgIpc) is 2.64. The topological polar surface area (TPSA) is 67.4 Å². The molecule has 0 aromatic heterocycles. The molecule has 0 aromatic rings. The summed E-state index contributed by atoms with van der Waals surface area (Å²) in [5, 5.41) is 6.16. The molecule has 0 saturated carbocycles. The number of amides is 1. The molecule has 1 saturated heterocycles. The number of nitrogens with one attached hydrogen (secondary N) is 2. The molecule has 2 N–H and O–H groups in total. The van der Waals surface area contributed by atoms with Crippen molar-refractivity contribution in [1.82, 2.24) is 10.6 Å². The molecule has 15 heavy (non-hydrogen) atoms. The second-order valence-corrected chi connectivity index (χ2v) is 4.69. The zero-order valence-electron chi connectivity index (χ0n) is 8.91. The fourth-order valence-electron chi connectivity index (χ4n) is 1.28. The molecule has 0 bridgehead atoms. The molecule has 1 fully saturated rings. The average molecular weight is 232 g/mol. The van der Waals surface area contributed by atoms with E-state index < -0.39 is 0 Å². The molecular formula is C9H16N2O3S. The number of esters is 1. The van der Waals surface area contributed by atoms with Crippen LogP contribution in [0, 0.1) is 0 Å². The van der Waals surface area contributed by atoms with Crippen molar-refractivity contribution in [2.75, 3.05) is 19.4 Å². The number of methoxy groups -OCH3 is 1. The molecule has 1 rings (SSSR count). The summed E-state index contributed by atoms with van der Waals surface area (Å²) in [6.07, 6.45) is 0.220. The SMILES string of the molecule is COC(=O)CCNC(=O)[C@H]1CS[C@@H](C)N1. The zero-order chi connectivity index (χ0) is 11.3. The Bertz CT molecular complexity index is 248. The lowest BCUT2D eigenvalue weighted by atomic mass is 10.3. The highest BCUT2D eigenvalue weighted by Gasteiger charge is 2.26. The van der Waals surface area contributed by atoms with Crippen LogP contribution in [0.5, 0.6) is 0 Å². The number of carbonyl (C=O) groups is 2. The summed E-state index contributed by atoms with van der Waals surface area (Å²) >= 11 is 1.71. The van der Waals surface area contributed by atoms with Crippen molar-refractivity contribution in [2.45, 2.75) is 24.8 Å². The molecule has 5 nitrogen and oxygen atoms in total. The maximum Gasteiger partial charge on any atom is 0.307 e. The fraction of sp³-hybridized carbons (Fsp3) is 0.778. The van der Waals surface area contributed by atoms with Gasteiger partial charge in [0.05, 0.1) is 24.9 Å². The smallest absolute Gasteiger partial charge is 0.307 e. The van der Waals surface area contributed by atoms with Gasteiger partial charge in [0.2, 0.25) is 5.91 Å². The first-order valence-corrected chi connectivity index (χ1v) is 5.90. The van der Waals surface area contributed by atoms with Gasteiger partial charge in [0.25, 0.3) is 0 Å². The van der Waals surface area contributed by atoms with Crippen LogP contribution in [0.15, 0.2) is 0 Å². The standard InChI is InChI=1S/C9H16N2O3S/c1-6-11-7(5-15-6)9(13)10-4-3-8(12)14-2/h6-7,11H,3-5H2,1-2H3,(H,10,13)/t6-,7+/m0/s1. The molecule has 1 heterocycles. The van der Waals surface area contributed by atoms with Gasteiger partial charge in [-0.05, 0) is 6.92 Å². The molecular weight excluding hydrogens is 216 g/mol. The normalized spacial score (nSPS) is 24.9. The summed E-state index contributed by atoms with van der Waals surface area (Å²) in [4.78, 5) is 22.3. The predicted molar refractivity (Wildman–Crippen MR) is 58.5 cm³/mol. The Balaban J connectivity index is 2.16. The predicted octanol–water partition coefficient (Wildman–Crippen LogP) is -0.283. The van der Waals surface area contributed by atoms with Crippen molar-refractivity contribution < 1.29 is 14.3 Å². The summed E-state index contributed by atoms with van der Waals surface area (Å²) in [7, 11) is 1.33. The van der Waals surface area contributed by atoms with E-state index in [-0.39, 0.29) is 24.3 Å². The summed E-state index contributed by atoms with van der Waals surface area (Å²) in [6.45, 7) is 2.36. The lowest BCUT2D eigenvalue weighted by Gasteiger charge is -2.10. The van der Waals surface area contributed by atoms with Gasteiger partial charge in [0.1, 0.15) is 0 Å². The van der Waals surface area contributed by atoms with Crippen molar-refractivity contribution in [3.63, 3.8) is 0 Å². The Morgan fingerprint density at radius 3 is 2.87 bits per heavy atom. The first-order valence-electron chi connectivity index (χ1n) is 4.85. The number of thioether (sulfide) groups is 1. The van der Waals surface area contributed by atoms with Crippen LogP contribution in [0.2, 0.25) is 0 Å². The van der Waals surface area contributed by atoms with Gasteiger partial charge in [-0.2, -0.15) is 0 Å². The van der Waals surface area contributed by atoms with Gasteiger partial charge in [0, 0.05) is 12.3 Å². The molecule has 2 atom stereocenters. The van der Waals surface area contributed by atoms with E-state index in [0.29, 0.717) is 11.9 Å². The minimum Gasteiger partial charge on any atom is -0.469 e. The monoisotopic (exact) mass is 232 g/mol. The highest BCUT2D eigenvalue weighted by atomic mass is 32.2. The lowest BCUT2D eigenvalue weighted by molar-refractivity contribution is -0.140. The highest BCUT2D eigenvalue weighted by Crippen LogP contribution is 2.17. The van der Waals surface area contributed by atoms with Gasteiger partial charge in [0.15, 0.2) is 0 Å². The number of rotatable bonds is 4. The number of hydrogen-bond acceptors (Lipinski definition) is 5. The second kappa shape index (κ2) is 5.97. The van der Waals surface area contributed by atoms with E-state index in [1.807, 2.05) is 6.92 Å². The second-order valence-electron chi connectivity index (χ2n) is 3.31. The van der Waals surface area contributed by atoms with E-state index in [9.17, 15) is 9.59 Å². The Hall–Kier alpha value is -0.750. The third-order valence-electron chi connectivity index (χ3n) is 2.12. The summed E-state index contributed by atoms with van der Waals surface area (Å²) in [6, 6.07) is -0.136. The molecule has 0 spiro atoms. The zero-order valence-corrected chi connectivity index (χ0v) is 9.73. The Morgan fingerprint density at radius 2 is 2.33 bits per heavy atom. The van der Waals surface area contributed by atoms with Gasteiger partial charge in [-0.25, -0.2) is 0 Å². The number of carbonyl (C=O) groups excluding carboxylic acids is 2. The molecule has 0 unspecified atom stereocenters. The lowest BCUT2D eigenvalue weighted by Crippen LogP contribution is -2.44. The summed E-state index contributed by atoms with van der Waals surface area (Å²) < 4.78 is 4.46. The van der Waals surface area contributed by atoms with Crippen molar-refractivity contribution >= 4 is 23.6 Å². The molecule has 1 aliphatic rings. The van der Waals surface area contributed by atoms with Crippen LogP contribution >= 0.6 is 11.8 Å². The number of hydrogen-bond donors (Lipinski definition) is 2. The van der Waals surface area contributed by atoms with E-state index in [1.165, 1.54) is 7.11 Å². The van der Waals surface area contributed by atoms with E-state index in [1.54, 1.807) is 11.8 Å². The minimum atomic E-state index is -0.308. The van der Waals surface area contributed by atoms with Gasteiger partial charge < -0.3 is 10.1 Å². The van der Waals surface area contributed by atoms with Gasteiger partial charge in [-0.15, -0.1) is 11.8 Å². The summed E-state index contributed by atoms with van der Waals surface area (Å²) in [5.41, 5.74) is 0. The van der Waals surface area contributed by atoms with Crippen molar-refractivity contribution in [3.8, 4) is 0 Å². The molecule has 0 aliphatic carbocycles. The third-order valence-corrected chi connectivity index (χ3v) is 3.28. The molecule has 1 amide bonds. The van der Waals surface area contributed by atoms with Crippen LogP contribution in [0.1, 0.15) is 13.3 Å². The quantitative estimate of drug-likeness (QED) is 0.652. The Morgan fingerprint density at radius 1 is 1.60 bits per heavy atom. The van der Waals surface area contributed by atoms with Crippen molar-refractivity contribution in [3.05, 3.63) is 0 Å². The third kappa shape index (κ3) is 4.09. The van der Waals surface area contributed by atoms with Crippen molar-refractivity contribution in [2.24, 2.45) is 0 Å². The fourth-order valence-corrected chi connectivity index (χ4v) is 2.27. The van der Waals surface area contributed by atoms with Crippen LogP contribution < -0.4 is 10.6 Å². The number of ether oxygens (including phenoxy) is 1. The first kappa shape index (κ1) is 12.3.